The lowest BCUT2D eigenvalue weighted by molar-refractivity contribution is 0.281. The molecule has 16 heavy (non-hydrogen) atoms. The van der Waals surface area contributed by atoms with Crippen LogP contribution in [0.1, 0.15) is 26.3 Å². The standard InChI is InChI=1S/C13H20FNO/c1-4-15(8-10(2)3)13-11(9-16)6-5-7-12(13)14/h5-7,10,16H,4,8-9H2,1-3H3. The lowest BCUT2D eigenvalue weighted by Crippen LogP contribution is -2.29. The molecule has 0 saturated heterocycles. The molecule has 0 unspecified atom stereocenters. The topological polar surface area (TPSA) is 23.5 Å². The number of aliphatic hydroxyl groups is 1. The van der Waals surface area contributed by atoms with Gasteiger partial charge < -0.3 is 10.0 Å². The smallest absolute Gasteiger partial charge is 0.146 e. The summed E-state index contributed by atoms with van der Waals surface area (Å²) < 4.78 is 13.8. The Balaban J connectivity index is 3.07. The Morgan fingerprint density at radius 2 is 2.06 bits per heavy atom. The third-order valence-electron chi connectivity index (χ3n) is 2.52. The maximum Gasteiger partial charge on any atom is 0.146 e. The van der Waals surface area contributed by atoms with Crippen molar-refractivity contribution in [2.75, 3.05) is 18.0 Å². The molecule has 90 valence electrons. The quantitative estimate of drug-likeness (QED) is 0.833. The predicted octanol–water partition coefficient (Wildman–Crippen LogP) is 2.80. The Morgan fingerprint density at radius 3 is 2.56 bits per heavy atom. The second-order valence-electron chi connectivity index (χ2n) is 4.34. The van der Waals surface area contributed by atoms with Gasteiger partial charge in [-0.1, -0.05) is 26.0 Å². The van der Waals surface area contributed by atoms with Crippen LogP contribution in [-0.4, -0.2) is 18.2 Å². The first-order valence-corrected chi connectivity index (χ1v) is 5.73. The number of aliphatic hydroxyl groups excluding tert-OH is 1. The molecule has 0 radical (unpaired) electrons. The summed E-state index contributed by atoms with van der Waals surface area (Å²) >= 11 is 0. The number of rotatable bonds is 5. The minimum atomic E-state index is -0.256. The first kappa shape index (κ1) is 13.0. The summed E-state index contributed by atoms with van der Waals surface area (Å²) in [6.45, 7) is 7.61. The summed E-state index contributed by atoms with van der Waals surface area (Å²) in [5.41, 5.74) is 1.20. The molecule has 3 heteroatoms. The van der Waals surface area contributed by atoms with E-state index >= 15 is 0 Å². The lowest BCUT2D eigenvalue weighted by atomic mass is 10.1. The second-order valence-corrected chi connectivity index (χ2v) is 4.34. The lowest BCUT2D eigenvalue weighted by Gasteiger charge is -2.27. The van der Waals surface area contributed by atoms with Crippen molar-refractivity contribution in [2.24, 2.45) is 5.92 Å². The molecule has 0 aliphatic heterocycles. The van der Waals surface area contributed by atoms with E-state index < -0.39 is 0 Å². The molecular weight excluding hydrogens is 205 g/mol. The molecule has 0 spiro atoms. The zero-order chi connectivity index (χ0) is 12.1. The molecule has 2 nitrogen and oxygen atoms in total. The summed E-state index contributed by atoms with van der Waals surface area (Å²) in [5.74, 6) is 0.208. The number of anilines is 1. The highest BCUT2D eigenvalue weighted by Crippen LogP contribution is 2.25. The van der Waals surface area contributed by atoms with Crippen LogP contribution < -0.4 is 4.90 Å². The maximum atomic E-state index is 13.8. The number of hydrogen-bond donors (Lipinski definition) is 1. The van der Waals surface area contributed by atoms with Crippen LogP contribution in [0.3, 0.4) is 0 Å². The van der Waals surface area contributed by atoms with Gasteiger partial charge >= 0.3 is 0 Å². The molecule has 0 bridgehead atoms. The van der Waals surface area contributed by atoms with Gasteiger partial charge in [0.15, 0.2) is 0 Å². The fourth-order valence-electron chi connectivity index (χ4n) is 1.86. The molecule has 0 heterocycles. The van der Waals surface area contributed by atoms with Gasteiger partial charge in [0.2, 0.25) is 0 Å². The molecule has 0 amide bonds. The molecule has 1 aromatic carbocycles. The maximum absolute atomic E-state index is 13.8. The zero-order valence-electron chi connectivity index (χ0n) is 10.2. The van der Waals surface area contributed by atoms with Crippen LogP contribution in [0.4, 0.5) is 10.1 Å². The number of halogens is 1. The Hall–Kier alpha value is -1.09. The van der Waals surface area contributed by atoms with E-state index in [0.717, 1.165) is 13.1 Å². The van der Waals surface area contributed by atoms with Crippen molar-refractivity contribution in [3.8, 4) is 0 Å². The van der Waals surface area contributed by atoms with Crippen molar-refractivity contribution in [3.63, 3.8) is 0 Å². The van der Waals surface area contributed by atoms with E-state index in [1.165, 1.54) is 6.07 Å². The number of hydrogen-bond acceptors (Lipinski definition) is 2. The van der Waals surface area contributed by atoms with Crippen molar-refractivity contribution >= 4 is 5.69 Å². The van der Waals surface area contributed by atoms with Crippen molar-refractivity contribution in [1.82, 2.24) is 0 Å². The molecule has 1 rings (SSSR count). The summed E-state index contributed by atoms with van der Waals surface area (Å²) in [4.78, 5) is 1.98. The number of benzene rings is 1. The third-order valence-corrected chi connectivity index (χ3v) is 2.52. The van der Waals surface area contributed by atoms with Gasteiger partial charge in [-0.25, -0.2) is 4.39 Å². The van der Waals surface area contributed by atoms with Gasteiger partial charge in [-0.3, -0.25) is 0 Å². The fraction of sp³-hybridized carbons (Fsp3) is 0.538. The molecule has 0 saturated carbocycles. The minimum absolute atomic E-state index is 0.123. The van der Waals surface area contributed by atoms with E-state index in [-0.39, 0.29) is 12.4 Å². The van der Waals surface area contributed by atoms with Crippen molar-refractivity contribution in [3.05, 3.63) is 29.6 Å². The van der Waals surface area contributed by atoms with Crippen LogP contribution >= 0.6 is 0 Å². The van der Waals surface area contributed by atoms with Crippen LogP contribution in [0.15, 0.2) is 18.2 Å². The SMILES string of the molecule is CCN(CC(C)C)c1c(F)cccc1CO. The Labute approximate surface area is 96.7 Å². The molecule has 0 fully saturated rings. The highest BCUT2D eigenvalue weighted by atomic mass is 19.1. The van der Waals surface area contributed by atoms with Gasteiger partial charge in [0, 0.05) is 18.7 Å². The van der Waals surface area contributed by atoms with Crippen LogP contribution in [0, 0.1) is 11.7 Å². The van der Waals surface area contributed by atoms with Crippen LogP contribution in [-0.2, 0) is 6.61 Å². The van der Waals surface area contributed by atoms with Gasteiger partial charge in [0.25, 0.3) is 0 Å². The van der Waals surface area contributed by atoms with E-state index in [4.69, 9.17) is 0 Å². The van der Waals surface area contributed by atoms with E-state index in [1.807, 2.05) is 11.8 Å². The Bertz CT molecular complexity index is 339. The van der Waals surface area contributed by atoms with E-state index in [2.05, 4.69) is 13.8 Å². The third kappa shape index (κ3) is 2.95. The number of nitrogens with zero attached hydrogens (tertiary/aromatic N) is 1. The largest absolute Gasteiger partial charge is 0.392 e. The van der Waals surface area contributed by atoms with E-state index in [1.54, 1.807) is 12.1 Å². The number of para-hydroxylation sites is 1. The van der Waals surface area contributed by atoms with Crippen LogP contribution in [0.5, 0.6) is 0 Å². The van der Waals surface area contributed by atoms with Gasteiger partial charge in [0.05, 0.1) is 12.3 Å². The van der Waals surface area contributed by atoms with E-state index in [0.29, 0.717) is 17.2 Å². The zero-order valence-corrected chi connectivity index (χ0v) is 10.2. The first-order chi connectivity index (χ1) is 7.60. The Morgan fingerprint density at radius 1 is 1.38 bits per heavy atom. The molecule has 1 N–H and O–H groups in total. The van der Waals surface area contributed by atoms with E-state index in [9.17, 15) is 9.50 Å². The summed E-state index contributed by atoms with van der Waals surface area (Å²) in [6, 6.07) is 4.84. The summed E-state index contributed by atoms with van der Waals surface area (Å²) in [5, 5.41) is 9.23. The van der Waals surface area contributed by atoms with Crippen molar-refractivity contribution in [1.29, 1.82) is 0 Å². The van der Waals surface area contributed by atoms with Crippen LogP contribution in [0.2, 0.25) is 0 Å². The molecular formula is C13H20FNO. The first-order valence-electron chi connectivity index (χ1n) is 5.73. The molecule has 0 aliphatic carbocycles. The predicted molar refractivity (Wildman–Crippen MR) is 65.0 cm³/mol. The highest BCUT2D eigenvalue weighted by Gasteiger charge is 2.15. The fourth-order valence-corrected chi connectivity index (χ4v) is 1.86. The molecule has 1 aromatic rings. The van der Waals surface area contributed by atoms with Gasteiger partial charge in [-0.15, -0.1) is 0 Å². The van der Waals surface area contributed by atoms with Gasteiger partial charge in [-0.2, -0.15) is 0 Å². The highest BCUT2D eigenvalue weighted by molar-refractivity contribution is 5.54. The average molecular weight is 225 g/mol. The monoisotopic (exact) mass is 225 g/mol. The van der Waals surface area contributed by atoms with Crippen molar-refractivity contribution in [2.45, 2.75) is 27.4 Å². The average Bonchev–Trinajstić information content (AvgIpc) is 2.25. The summed E-state index contributed by atoms with van der Waals surface area (Å²) in [7, 11) is 0. The minimum Gasteiger partial charge on any atom is -0.392 e. The molecule has 0 aromatic heterocycles. The van der Waals surface area contributed by atoms with Gasteiger partial charge in [-0.05, 0) is 18.9 Å². The van der Waals surface area contributed by atoms with Crippen molar-refractivity contribution < 1.29 is 9.50 Å². The molecule has 0 aliphatic rings. The summed E-state index contributed by atoms with van der Waals surface area (Å²) in [6.07, 6.45) is 0. The normalized spacial score (nSPS) is 10.9. The second kappa shape index (κ2) is 5.85. The molecule has 0 atom stereocenters. The van der Waals surface area contributed by atoms with Gasteiger partial charge in [0.1, 0.15) is 5.82 Å². The Kier molecular flexibility index (Phi) is 4.74. The van der Waals surface area contributed by atoms with Crippen LogP contribution in [0.25, 0.3) is 0 Å².